The Bertz CT molecular complexity index is 635. The highest BCUT2D eigenvalue weighted by Crippen LogP contribution is 2.28. The van der Waals surface area contributed by atoms with E-state index in [9.17, 15) is 18.0 Å². The van der Waals surface area contributed by atoms with Crippen LogP contribution in [0.4, 0.5) is 18.3 Å². The molecule has 0 radical (unpaired) electrons. The van der Waals surface area contributed by atoms with E-state index >= 15 is 0 Å². The Morgan fingerprint density at radius 3 is 2.68 bits per heavy atom. The average Bonchev–Trinajstić information content (AvgIpc) is 2.78. The van der Waals surface area contributed by atoms with Gasteiger partial charge in [0.1, 0.15) is 10.7 Å². The van der Waals surface area contributed by atoms with Gasteiger partial charge >= 0.3 is 6.18 Å². The summed E-state index contributed by atoms with van der Waals surface area (Å²) in [4.78, 5) is 11.5. The lowest BCUT2D eigenvalue weighted by atomic mass is 10.3. The van der Waals surface area contributed by atoms with Crippen LogP contribution in [-0.4, -0.2) is 14.8 Å². The average molecular weight is 291 g/mol. The van der Waals surface area contributed by atoms with Crippen LogP contribution in [0.5, 0.6) is 0 Å². The van der Waals surface area contributed by atoms with Gasteiger partial charge < -0.3 is 0 Å². The molecule has 0 unspecified atom stereocenters. The summed E-state index contributed by atoms with van der Waals surface area (Å²) in [5.41, 5.74) is 0.441. The molecule has 2 aromatic heterocycles. The van der Waals surface area contributed by atoms with Crippen molar-refractivity contribution >= 4 is 16.5 Å². The second-order valence-electron chi connectivity index (χ2n) is 3.48. The standard InChI is InChI=1S/C9H8F3N5OS/c10-9(11,12)5-2-1-3-7(18)17(5)4-6-15-16-8(14-13)19-6/h1-3H,4,13H2,(H,14,16). The van der Waals surface area contributed by atoms with Crippen molar-refractivity contribution in [2.24, 2.45) is 5.84 Å². The maximum absolute atomic E-state index is 12.8. The summed E-state index contributed by atoms with van der Waals surface area (Å²) < 4.78 is 38.9. The number of aromatic nitrogens is 3. The minimum Gasteiger partial charge on any atom is -0.298 e. The molecule has 10 heteroatoms. The summed E-state index contributed by atoms with van der Waals surface area (Å²) in [6.07, 6.45) is -4.61. The predicted octanol–water partition coefficient (Wildman–Crippen LogP) is 1.05. The monoisotopic (exact) mass is 291 g/mol. The largest absolute Gasteiger partial charge is 0.431 e. The number of nitrogen functional groups attached to an aromatic ring is 1. The molecule has 2 aromatic rings. The molecule has 0 saturated heterocycles. The number of rotatable bonds is 3. The Balaban J connectivity index is 2.42. The third-order valence-electron chi connectivity index (χ3n) is 2.22. The van der Waals surface area contributed by atoms with Gasteiger partial charge in [0.2, 0.25) is 5.13 Å². The molecule has 0 aliphatic rings. The zero-order chi connectivity index (χ0) is 14.0. The minimum absolute atomic E-state index is 0.242. The molecule has 3 N–H and O–H groups in total. The number of alkyl halides is 3. The second-order valence-corrected chi connectivity index (χ2v) is 4.54. The molecule has 102 valence electrons. The molecule has 19 heavy (non-hydrogen) atoms. The highest BCUT2D eigenvalue weighted by atomic mass is 32.1. The van der Waals surface area contributed by atoms with Crippen molar-refractivity contribution in [3.05, 3.63) is 39.3 Å². The maximum atomic E-state index is 12.8. The molecule has 0 aromatic carbocycles. The number of anilines is 1. The number of hydrogen-bond donors (Lipinski definition) is 2. The molecular weight excluding hydrogens is 283 g/mol. The number of nitrogens with two attached hydrogens (primary N) is 1. The number of nitrogens with zero attached hydrogens (tertiary/aromatic N) is 3. The second kappa shape index (κ2) is 4.97. The number of hydrazine groups is 1. The smallest absolute Gasteiger partial charge is 0.298 e. The van der Waals surface area contributed by atoms with Crippen LogP contribution in [0.2, 0.25) is 0 Å². The Hall–Kier alpha value is -1.94. The van der Waals surface area contributed by atoms with Gasteiger partial charge in [-0.15, -0.1) is 10.2 Å². The van der Waals surface area contributed by atoms with Gasteiger partial charge in [-0.3, -0.25) is 14.8 Å². The number of nitrogens with one attached hydrogen (secondary N) is 1. The summed E-state index contributed by atoms with van der Waals surface area (Å²) in [5, 5.41) is 7.73. The van der Waals surface area contributed by atoms with Crippen LogP contribution in [-0.2, 0) is 12.7 Å². The number of pyridine rings is 1. The fourth-order valence-corrected chi connectivity index (χ4v) is 2.08. The molecule has 0 amide bonds. The Morgan fingerprint density at radius 2 is 2.11 bits per heavy atom. The lowest BCUT2D eigenvalue weighted by Crippen LogP contribution is -2.27. The number of hydrogen-bond acceptors (Lipinski definition) is 6. The van der Waals surface area contributed by atoms with Gasteiger partial charge in [0.05, 0.1) is 6.54 Å². The van der Waals surface area contributed by atoms with Gasteiger partial charge in [0, 0.05) is 6.07 Å². The maximum Gasteiger partial charge on any atom is 0.431 e. The van der Waals surface area contributed by atoms with E-state index in [2.05, 4.69) is 15.6 Å². The fourth-order valence-electron chi connectivity index (χ4n) is 1.44. The van der Waals surface area contributed by atoms with Crippen molar-refractivity contribution in [3.8, 4) is 0 Å². The van der Waals surface area contributed by atoms with E-state index in [1.54, 1.807) is 0 Å². The van der Waals surface area contributed by atoms with Crippen LogP contribution in [0.3, 0.4) is 0 Å². The van der Waals surface area contributed by atoms with Gasteiger partial charge in [0.15, 0.2) is 0 Å². The van der Waals surface area contributed by atoms with Crippen molar-refractivity contribution in [2.45, 2.75) is 12.7 Å². The first kappa shape index (κ1) is 13.5. The topological polar surface area (TPSA) is 85.8 Å². The molecule has 0 saturated carbocycles. The summed E-state index contributed by atoms with van der Waals surface area (Å²) in [6.45, 7) is -0.312. The predicted molar refractivity (Wildman–Crippen MR) is 62.5 cm³/mol. The van der Waals surface area contributed by atoms with Crippen molar-refractivity contribution in [1.82, 2.24) is 14.8 Å². The van der Waals surface area contributed by atoms with Crippen molar-refractivity contribution in [3.63, 3.8) is 0 Å². The molecule has 6 nitrogen and oxygen atoms in total. The van der Waals surface area contributed by atoms with Crippen LogP contribution < -0.4 is 16.8 Å². The summed E-state index contributed by atoms with van der Waals surface area (Å²) in [7, 11) is 0. The van der Waals surface area contributed by atoms with Gasteiger partial charge in [-0.25, -0.2) is 5.84 Å². The lowest BCUT2D eigenvalue weighted by molar-refractivity contribution is -0.144. The molecule has 0 atom stereocenters. The van der Waals surface area contributed by atoms with E-state index in [0.29, 0.717) is 4.57 Å². The zero-order valence-corrected chi connectivity index (χ0v) is 10.1. The first-order valence-electron chi connectivity index (χ1n) is 4.98. The molecule has 0 bridgehead atoms. The summed E-state index contributed by atoms with van der Waals surface area (Å²) >= 11 is 0.970. The lowest BCUT2D eigenvalue weighted by Gasteiger charge is -2.13. The summed E-state index contributed by atoms with van der Waals surface area (Å²) in [6, 6.07) is 2.96. The molecule has 2 rings (SSSR count). The Morgan fingerprint density at radius 1 is 1.37 bits per heavy atom. The molecule has 0 fully saturated rings. The molecular formula is C9H8F3N5OS. The van der Waals surface area contributed by atoms with Crippen LogP contribution in [0.1, 0.15) is 10.7 Å². The minimum atomic E-state index is -4.61. The first-order valence-corrected chi connectivity index (χ1v) is 5.79. The van der Waals surface area contributed by atoms with Gasteiger partial charge in [0.25, 0.3) is 5.56 Å². The van der Waals surface area contributed by atoms with E-state index in [1.165, 1.54) is 0 Å². The van der Waals surface area contributed by atoms with Crippen molar-refractivity contribution < 1.29 is 13.2 Å². The fraction of sp³-hybridized carbons (Fsp3) is 0.222. The van der Waals surface area contributed by atoms with Crippen LogP contribution in [0.15, 0.2) is 23.0 Å². The van der Waals surface area contributed by atoms with E-state index in [1.807, 2.05) is 0 Å². The summed E-state index contributed by atoms with van der Waals surface area (Å²) in [5.74, 6) is 5.09. The first-order chi connectivity index (χ1) is 8.91. The van der Waals surface area contributed by atoms with Crippen LogP contribution in [0, 0.1) is 0 Å². The van der Waals surface area contributed by atoms with Gasteiger partial charge in [-0.1, -0.05) is 17.4 Å². The van der Waals surface area contributed by atoms with Crippen LogP contribution in [0.25, 0.3) is 0 Å². The van der Waals surface area contributed by atoms with Crippen molar-refractivity contribution in [1.29, 1.82) is 0 Å². The quantitative estimate of drug-likeness (QED) is 0.652. The van der Waals surface area contributed by atoms with Gasteiger partial charge in [-0.05, 0) is 6.07 Å². The van der Waals surface area contributed by atoms with E-state index < -0.39 is 17.4 Å². The number of halogens is 3. The van der Waals surface area contributed by atoms with Crippen molar-refractivity contribution in [2.75, 3.05) is 5.43 Å². The van der Waals surface area contributed by atoms with Gasteiger partial charge in [-0.2, -0.15) is 13.2 Å². The Labute approximate surface area is 108 Å². The molecule has 0 aliphatic heterocycles. The third-order valence-corrected chi connectivity index (χ3v) is 3.06. The highest BCUT2D eigenvalue weighted by molar-refractivity contribution is 7.15. The Kier molecular flexibility index (Phi) is 3.53. The van der Waals surface area contributed by atoms with Crippen LogP contribution >= 0.6 is 11.3 Å². The highest BCUT2D eigenvalue weighted by Gasteiger charge is 2.34. The molecule has 0 aliphatic carbocycles. The molecule has 2 heterocycles. The van der Waals surface area contributed by atoms with E-state index in [-0.39, 0.29) is 16.7 Å². The SMILES string of the molecule is NNc1nnc(Cn2c(C(F)(F)F)cccc2=O)s1. The third kappa shape index (κ3) is 2.90. The van der Waals surface area contributed by atoms with E-state index in [0.717, 1.165) is 29.5 Å². The van der Waals surface area contributed by atoms with E-state index in [4.69, 9.17) is 5.84 Å². The normalized spacial score (nSPS) is 11.6. The zero-order valence-electron chi connectivity index (χ0n) is 9.31. The molecule has 0 spiro atoms.